The minimum absolute atomic E-state index is 0.0233. The molecule has 3 heteroatoms. The smallest absolute Gasteiger partial charge is 0.0934 e. The summed E-state index contributed by atoms with van der Waals surface area (Å²) in [5.41, 5.74) is 1.27. The fourth-order valence-corrected chi connectivity index (χ4v) is 2.03. The van der Waals surface area contributed by atoms with E-state index in [4.69, 9.17) is 14.2 Å². The molecular weight excluding hydrogens is 228 g/mol. The predicted octanol–water partition coefficient (Wildman–Crippen LogP) is 2.75. The molecule has 0 bridgehead atoms. The van der Waals surface area contributed by atoms with Gasteiger partial charge in [-0.2, -0.15) is 0 Å². The van der Waals surface area contributed by atoms with Gasteiger partial charge in [0, 0.05) is 6.61 Å². The fourth-order valence-electron chi connectivity index (χ4n) is 2.03. The highest BCUT2D eigenvalue weighted by Crippen LogP contribution is 2.48. The summed E-state index contributed by atoms with van der Waals surface area (Å²) in [7, 11) is 0. The minimum atomic E-state index is -0.0233. The molecule has 0 heterocycles. The summed E-state index contributed by atoms with van der Waals surface area (Å²) in [4.78, 5) is 0. The zero-order valence-electron chi connectivity index (χ0n) is 11.1. The molecule has 1 aromatic rings. The van der Waals surface area contributed by atoms with E-state index in [1.54, 1.807) is 0 Å². The Balaban J connectivity index is 1.62. The average molecular weight is 250 g/mol. The molecule has 0 saturated heterocycles. The molecule has 3 nitrogen and oxygen atoms in total. The van der Waals surface area contributed by atoms with Crippen molar-refractivity contribution in [2.24, 2.45) is 0 Å². The molecule has 0 aromatic heterocycles. The topological polar surface area (TPSA) is 27.7 Å². The Morgan fingerprint density at radius 1 is 0.944 bits per heavy atom. The maximum absolute atomic E-state index is 5.97. The van der Waals surface area contributed by atoms with Crippen molar-refractivity contribution in [1.82, 2.24) is 0 Å². The van der Waals surface area contributed by atoms with Gasteiger partial charge < -0.3 is 14.2 Å². The second-order valence-electron chi connectivity index (χ2n) is 4.52. The molecule has 18 heavy (non-hydrogen) atoms. The number of hydrogen-bond donors (Lipinski definition) is 0. The van der Waals surface area contributed by atoms with Gasteiger partial charge in [-0.05, 0) is 25.3 Å². The van der Waals surface area contributed by atoms with Gasteiger partial charge in [0.05, 0.1) is 32.0 Å². The van der Waals surface area contributed by atoms with E-state index in [-0.39, 0.29) is 5.60 Å². The van der Waals surface area contributed by atoms with Crippen LogP contribution in [0.25, 0.3) is 0 Å². The van der Waals surface area contributed by atoms with Crippen molar-refractivity contribution >= 4 is 0 Å². The lowest BCUT2D eigenvalue weighted by molar-refractivity contribution is -0.0230. The number of benzene rings is 1. The van der Waals surface area contributed by atoms with Gasteiger partial charge in [0.1, 0.15) is 0 Å². The van der Waals surface area contributed by atoms with Crippen molar-refractivity contribution < 1.29 is 14.2 Å². The average Bonchev–Trinajstić information content (AvgIpc) is 3.20. The van der Waals surface area contributed by atoms with Crippen LogP contribution in [-0.4, -0.2) is 33.0 Å². The molecule has 100 valence electrons. The Morgan fingerprint density at radius 3 is 2.28 bits per heavy atom. The second-order valence-corrected chi connectivity index (χ2v) is 4.52. The van der Waals surface area contributed by atoms with Crippen molar-refractivity contribution in [3.8, 4) is 0 Å². The first-order valence-corrected chi connectivity index (χ1v) is 6.72. The lowest BCUT2D eigenvalue weighted by Crippen LogP contribution is -2.16. The third kappa shape index (κ3) is 3.80. The molecule has 0 aliphatic heterocycles. The molecule has 0 spiro atoms. The van der Waals surface area contributed by atoms with Crippen LogP contribution < -0.4 is 0 Å². The maximum atomic E-state index is 5.97. The molecule has 2 rings (SSSR count). The van der Waals surface area contributed by atoms with Crippen LogP contribution >= 0.6 is 0 Å². The molecular formula is C15H22O3. The minimum Gasteiger partial charge on any atom is -0.379 e. The Kier molecular flexibility index (Phi) is 5.17. The van der Waals surface area contributed by atoms with E-state index < -0.39 is 0 Å². The highest BCUT2D eigenvalue weighted by Gasteiger charge is 2.45. The zero-order chi connectivity index (χ0) is 12.7. The van der Waals surface area contributed by atoms with Gasteiger partial charge in [-0.15, -0.1) is 0 Å². The largest absolute Gasteiger partial charge is 0.379 e. The predicted molar refractivity (Wildman–Crippen MR) is 70.6 cm³/mol. The zero-order valence-corrected chi connectivity index (χ0v) is 11.1. The lowest BCUT2D eigenvalue weighted by Gasteiger charge is -2.17. The Labute approximate surface area is 109 Å². The summed E-state index contributed by atoms with van der Waals surface area (Å²) in [6.45, 7) is 5.34. The fraction of sp³-hybridized carbons (Fsp3) is 0.600. The van der Waals surface area contributed by atoms with Crippen LogP contribution in [0.3, 0.4) is 0 Å². The van der Waals surface area contributed by atoms with Gasteiger partial charge in [0.2, 0.25) is 0 Å². The van der Waals surface area contributed by atoms with Crippen molar-refractivity contribution in [2.45, 2.75) is 25.4 Å². The van der Waals surface area contributed by atoms with E-state index >= 15 is 0 Å². The number of rotatable bonds is 9. The van der Waals surface area contributed by atoms with Gasteiger partial charge in [-0.3, -0.25) is 0 Å². The molecule has 1 aliphatic rings. The molecule has 1 fully saturated rings. The second kappa shape index (κ2) is 6.88. The first kappa shape index (κ1) is 13.5. The van der Waals surface area contributed by atoms with Crippen molar-refractivity contribution in [3.63, 3.8) is 0 Å². The summed E-state index contributed by atoms with van der Waals surface area (Å²) in [5.74, 6) is 0. The van der Waals surface area contributed by atoms with Gasteiger partial charge in [-0.25, -0.2) is 0 Å². The lowest BCUT2D eigenvalue weighted by atomic mass is 10.1. The Morgan fingerprint density at radius 2 is 1.61 bits per heavy atom. The van der Waals surface area contributed by atoms with Gasteiger partial charge in [0.25, 0.3) is 0 Å². The van der Waals surface area contributed by atoms with Crippen LogP contribution in [0.15, 0.2) is 30.3 Å². The van der Waals surface area contributed by atoms with E-state index in [9.17, 15) is 0 Å². The molecule has 0 atom stereocenters. The van der Waals surface area contributed by atoms with Crippen LogP contribution in [0.4, 0.5) is 0 Å². The molecule has 1 aliphatic carbocycles. The number of ether oxygens (including phenoxy) is 3. The van der Waals surface area contributed by atoms with Crippen LogP contribution in [0.5, 0.6) is 0 Å². The number of hydrogen-bond acceptors (Lipinski definition) is 3. The van der Waals surface area contributed by atoms with E-state index in [2.05, 4.69) is 24.3 Å². The third-order valence-electron chi connectivity index (χ3n) is 3.19. The Hall–Kier alpha value is -0.900. The van der Waals surface area contributed by atoms with E-state index in [1.165, 1.54) is 5.56 Å². The van der Waals surface area contributed by atoms with Crippen molar-refractivity contribution in [1.29, 1.82) is 0 Å². The molecule has 0 unspecified atom stereocenters. The van der Waals surface area contributed by atoms with Crippen LogP contribution in [0, 0.1) is 0 Å². The van der Waals surface area contributed by atoms with Gasteiger partial charge in [-0.1, -0.05) is 30.3 Å². The summed E-state index contributed by atoms with van der Waals surface area (Å²) in [6.07, 6.45) is 2.24. The van der Waals surface area contributed by atoms with Gasteiger partial charge >= 0.3 is 0 Å². The first-order chi connectivity index (χ1) is 8.87. The summed E-state index contributed by atoms with van der Waals surface area (Å²) >= 11 is 0. The normalized spacial score (nSPS) is 16.7. The van der Waals surface area contributed by atoms with E-state index in [1.807, 2.05) is 13.0 Å². The van der Waals surface area contributed by atoms with E-state index in [0.29, 0.717) is 26.4 Å². The molecule has 1 aromatic carbocycles. The summed E-state index contributed by atoms with van der Waals surface area (Å²) < 4.78 is 16.6. The van der Waals surface area contributed by atoms with Crippen molar-refractivity contribution in [2.75, 3.05) is 33.0 Å². The highest BCUT2D eigenvalue weighted by molar-refractivity contribution is 5.27. The summed E-state index contributed by atoms with van der Waals surface area (Å²) in [5, 5.41) is 0. The summed E-state index contributed by atoms with van der Waals surface area (Å²) in [6, 6.07) is 10.5. The van der Waals surface area contributed by atoms with Crippen molar-refractivity contribution in [3.05, 3.63) is 35.9 Å². The van der Waals surface area contributed by atoms with E-state index in [0.717, 1.165) is 19.4 Å². The standard InChI is InChI=1S/C15H22O3/c1-2-16-10-11-17-12-13-18-15(8-9-15)14-6-4-3-5-7-14/h3-7H,2,8-13H2,1H3. The first-order valence-electron chi connectivity index (χ1n) is 6.72. The highest BCUT2D eigenvalue weighted by atomic mass is 16.6. The third-order valence-corrected chi connectivity index (χ3v) is 3.19. The van der Waals surface area contributed by atoms with Crippen LogP contribution in [-0.2, 0) is 19.8 Å². The molecule has 0 N–H and O–H groups in total. The van der Waals surface area contributed by atoms with Crippen LogP contribution in [0.1, 0.15) is 25.3 Å². The maximum Gasteiger partial charge on any atom is 0.0934 e. The Bertz CT molecular complexity index is 333. The quantitative estimate of drug-likeness (QED) is 0.631. The van der Waals surface area contributed by atoms with Crippen LogP contribution in [0.2, 0.25) is 0 Å². The SMILES string of the molecule is CCOCCOCCOC1(c2ccccc2)CC1. The molecule has 0 amide bonds. The monoisotopic (exact) mass is 250 g/mol. The van der Waals surface area contributed by atoms with Gasteiger partial charge in [0.15, 0.2) is 0 Å². The molecule has 0 radical (unpaired) electrons. The molecule has 1 saturated carbocycles.